The van der Waals surface area contributed by atoms with Crippen LogP contribution in [0.1, 0.15) is 6.92 Å². The third kappa shape index (κ3) is 7.82. The van der Waals surface area contributed by atoms with Crippen LogP contribution in [0.15, 0.2) is 67.5 Å². The molecular weight excluding hydrogens is 552 g/mol. The topological polar surface area (TPSA) is 102 Å². The van der Waals surface area contributed by atoms with Crippen molar-refractivity contribution in [3.63, 3.8) is 0 Å². The molecule has 0 aromatic heterocycles. The number of nitrogens with zero attached hydrogens (tertiary/aromatic N) is 4. The number of ether oxygens (including phenoxy) is 2. The van der Waals surface area contributed by atoms with Crippen molar-refractivity contribution in [3.05, 3.63) is 57.5 Å². The fraction of sp³-hybridized carbons (Fsp3) is 0.391. The van der Waals surface area contributed by atoms with Crippen LogP contribution in [-0.2, 0) is 9.47 Å². The number of halogens is 2. The number of aliphatic imine (C=N–C) groups is 2. The van der Waals surface area contributed by atoms with Gasteiger partial charge in [-0.25, -0.2) is 9.98 Å². The predicted molar refractivity (Wildman–Crippen MR) is 142 cm³/mol. The molecular formula is C23H30Br2N6O2. The molecule has 2 heterocycles. The number of amidine groups is 2. The van der Waals surface area contributed by atoms with Gasteiger partial charge in [0.1, 0.15) is 25.3 Å². The normalized spacial score (nSPS) is 18.9. The molecule has 2 aliphatic heterocycles. The summed E-state index contributed by atoms with van der Waals surface area (Å²) in [5.41, 5.74) is 13.3. The monoisotopic (exact) mass is 580 g/mol. The lowest BCUT2D eigenvalue weighted by molar-refractivity contribution is 0.313. The van der Waals surface area contributed by atoms with E-state index in [1.165, 1.54) is 5.69 Å². The molecule has 178 valence electrons. The molecule has 4 N–H and O–H groups in total. The summed E-state index contributed by atoms with van der Waals surface area (Å²) in [6.45, 7) is 5.84. The SMILES string of the molecule is CCN(C[C@H]1COC(N)=N1)c1cccc(Br)c1.CN(C[C@H]1COC(N)=N1)c1cccc(Br)c1. The Morgan fingerprint density at radius 1 is 0.879 bits per heavy atom. The minimum atomic E-state index is 0.129. The van der Waals surface area contributed by atoms with E-state index in [1.54, 1.807) is 0 Å². The van der Waals surface area contributed by atoms with Crippen LogP contribution in [0.2, 0.25) is 0 Å². The van der Waals surface area contributed by atoms with E-state index in [9.17, 15) is 0 Å². The molecule has 4 rings (SSSR count). The summed E-state index contributed by atoms with van der Waals surface area (Å²) < 4.78 is 12.4. The first-order chi connectivity index (χ1) is 15.8. The first kappa shape index (κ1) is 25.2. The number of benzene rings is 2. The minimum absolute atomic E-state index is 0.129. The van der Waals surface area contributed by atoms with Crippen molar-refractivity contribution < 1.29 is 9.47 Å². The van der Waals surface area contributed by atoms with E-state index < -0.39 is 0 Å². The van der Waals surface area contributed by atoms with Crippen molar-refractivity contribution in [3.8, 4) is 0 Å². The highest BCUT2D eigenvalue weighted by Gasteiger charge is 2.20. The number of hydrogen-bond donors (Lipinski definition) is 2. The van der Waals surface area contributed by atoms with Crippen molar-refractivity contribution >= 4 is 55.3 Å². The zero-order chi connectivity index (χ0) is 23.8. The second kappa shape index (κ2) is 12.1. The van der Waals surface area contributed by atoms with Gasteiger partial charge in [-0.3, -0.25) is 0 Å². The van der Waals surface area contributed by atoms with Crippen molar-refractivity contribution in [2.45, 2.75) is 19.0 Å². The number of hydrogen-bond acceptors (Lipinski definition) is 8. The van der Waals surface area contributed by atoms with Gasteiger partial charge in [0.2, 0.25) is 0 Å². The van der Waals surface area contributed by atoms with E-state index in [0.29, 0.717) is 25.3 Å². The van der Waals surface area contributed by atoms with Crippen LogP contribution in [-0.4, -0.2) is 64.0 Å². The molecule has 0 amide bonds. The van der Waals surface area contributed by atoms with E-state index in [0.717, 1.165) is 34.3 Å². The molecule has 2 atom stereocenters. The third-order valence-corrected chi connectivity index (χ3v) is 6.17. The number of likely N-dealkylation sites (N-methyl/N-ethyl adjacent to an activating group) is 2. The summed E-state index contributed by atoms with van der Waals surface area (Å²) >= 11 is 6.94. The average Bonchev–Trinajstić information content (AvgIpc) is 3.39. The smallest absolute Gasteiger partial charge is 0.282 e. The fourth-order valence-corrected chi connectivity index (χ4v) is 4.31. The van der Waals surface area contributed by atoms with Crippen LogP contribution in [0.3, 0.4) is 0 Å². The molecule has 0 fully saturated rings. The molecule has 0 bridgehead atoms. The van der Waals surface area contributed by atoms with Crippen LogP contribution in [0.5, 0.6) is 0 Å². The highest BCUT2D eigenvalue weighted by molar-refractivity contribution is 9.10. The van der Waals surface area contributed by atoms with Gasteiger partial charge in [0, 0.05) is 47.0 Å². The van der Waals surface area contributed by atoms with Gasteiger partial charge in [-0.15, -0.1) is 0 Å². The summed E-state index contributed by atoms with van der Waals surface area (Å²) in [4.78, 5) is 12.8. The van der Waals surface area contributed by atoms with Gasteiger partial charge in [0.25, 0.3) is 12.0 Å². The summed E-state index contributed by atoms with van der Waals surface area (Å²) in [7, 11) is 2.03. The zero-order valence-electron chi connectivity index (χ0n) is 18.8. The van der Waals surface area contributed by atoms with E-state index in [4.69, 9.17) is 20.9 Å². The second-order valence-electron chi connectivity index (χ2n) is 7.74. The molecule has 0 radical (unpaired) electrons. The molecule has 0 aliphatic carbocycles. The second-order valence-corrected chi connectivity index (χ2v) is 9.57. The zero-order valence-corrected chi connectivity index (χ0v) is 22.0. The van der Waals surface area contributed by atoms with Gasteiger partial charge in [-0.2, -0.15) is 0 Å². The van der Waals surface area contributed by atoms with Crippen molar-refractivity contribution in [2.75, 3.05) is 49.7 Å². The maximum atomic E-state index is 5.51. The summed E-state index contributed by atoms with van der Waals surface area (Å²) in [5, 5.41) is 0. The van der Waals surface area contributed by atoms with E-state index in [1.807, 2.05) is 31.3 Å². The van der Waals surface area contributed by atoms with Crippen LogP contribution in [0.4, 0.5) is 11.4 Å². The maximum Gasteiger partial charge on any atom is 0.282 e. The van der Waals surface area contributed by atoms with Crippen LogP contribution < -0.4 is 21.3 Å². The quantitative estimate of drug-likeness (QED) is 0.518. The molecule has 0 saturated heterocycles. The lowest BCUT2D eigenvalue weighted by atomic mass is 10.2. The number of nitrogens with two attached hydrogens (primary N) is 2. The molecule has 8 nitrogen and oxygen atoms in total. The molecule has 0 spiro atoms. The van der Waals surface area contributed by atoms with Gasteiger partial charge in [-0.1, -0.05) is 44.0 Å². The molecule has 0 saturated carbocycles. The average molecular weight is 582 g/mol. The molecule has 0 unspecified atom stereocenters. The van der Waals surface area contributed by atoms with Gasteiger partial charge in [-0.05, 0) is 43.3 Å². The first-order valence-corrected chi connectivity index (χ1v) is 12.3. The Morgan fingerprint density at radius 2 is 1.39 bits per heavy atom. The van der Waals surface area contributed by atoms with Crippen LogP contribution >= 0.6 is 31.9 Å². The Morgan fingerprint density at radius 3 is 1.88 bits per heavy atom. The largest absolute Gasteiger partial charge is 0.463 e. The first-order valence-electron chi connectivity index (χ1n) is 10.7. The third-order valence-electron chi connectivity index (χ3n) is 5.19. The van der Waals surface area contributed by atoms with Gasteiger partial charge in [0.15, 0.2) is 0 Å². The molecule has 2 aliphatic rings. The number of rotatable bonds is 7. The van der Waals surface area contributed by atoms with E-state index in [2.05, 4.69) is 82.8 Å². The maximum absolute atomic E-state index is 5.51. The lowest BCUT2D eigenvalue weighted by Crippen LogP contribution is -2.32. The Bertz CT molecular complexity index is 987. The molecule has 2 aromatic carbocycles. The van der Waals surface area contributed by atoms with Crippen molar-refractivity contribution in [2.24, 2.45) is 21.5 Å². The Hall–Kier alpha value is -2.46. The fourth-order valence-electron chi connectivity index (χ4n) is 3.54. The summed E-state index contributed by atoms with van der Waals surface area (Å²) in [6.07, 6.45) is 0. The molecule has 2 aromatic rings. The van der Waals surface area contributed by atoms with E-state index in [-0.39, 0.29) is 12.1 Å². The van der Waals surface area contributed by atoms with Gasteiger partial charge in [0.05, 0.1) is 0 Å². The Labute approximate surface area is 211 Å². The van der Waals surface area contributed by atoms with Crippen molar-refractivity contribution in [1.29, 1.82) is 0 Å². The van der Waals surface area contributed by atoms with Crippen LogP contribution in [0, 0.1) is 0 Å². The predicted octanol–water partition coefficient (Wildman–Crippen LogP) is 3.59. The number of anilines is 2. The van der Waals surface area contributed by atoms with Crippen molar-refractivity contribution in [1.82, 2.24) is 0 Å². The highest BCUT2D eigenvalue weighted by atomic mass is 79.9. The lowest BCUT2D eigenvalue weighted by Gasteiger charge is -2.24. The standard InChI is InChI=1S/C12H16BrN3O.C11H14BrN3O/c1-2-16(7-10-8-17-12(14)15-10)11-5-3-4-9(13)6-11;1-15(6-9-7-16-11(13)14-9)10-4-2-3-8(12)5-10/h3-6,10H,2,7-8H2,1H3,(H2,14,15);2-5,9H,6-7H2,1H3,(H2,13,14)/t10-;9-/m00/s1. The summed E-state index contributed by atoms with van der Waals surface area (Å²) in [5.74, 6) is 0. The molecule has 10 heteroatoms. The highest BCUT2D eigenvalue weighted by Crippen LogP contribution is 2.21. The Kier molecular flexibility index (Phi) is 9.25. The Balaban J connectivity index is 0.000000186. The summed E-state index contributed by atoms with van der Waals surface area (Å²) in [6, 6.07) is 17.3. The van der Waals surface area contributed by atoms with Gasteiger partial charge < -0.3 is 30.7 Å². The molecule has 33 heavy (non-hydrogen) atoms. The minimum Gasteiger partial charge on any atom is -0.463 e. The van der Waals surface area contributed by atoms with Crippen LogP contribution in [0.25, 0.3) is 0 Å². The van der Waals surface area contributed by atoms with Gasteiger partial charge >= 0.3 is 0 Å². The van der Waals surface area contributed by atoms with E-state index >= 15 is 0 Å².